The summed E-state index contributed by atoms with van der Waals surface area (Å²) >= 11 is 0. The summed E-state index contributed by atoms with van der Waals surface area (Å²) in [4.78, 5) is 24.7. The van der Waals surface area contributed by atoms with E-state index in [-0.39, 0.29) is 18.0 Å². The number of aliphatic hydroxyl groups excluding tert-OH is 1. The lowest BCUT2D eigenvalue weighted by molar-refractivity contribution is -0.143. The zero-order valence-electron chi connectivity index (χ0n) is 12.4. The van der Waals surface area contributed by atoms with Gasteiger partial charge in [-0.1, -0.05) is 0 Å². The number of amides is 1. The molecule has 0 bridgehead atoms. The van der Waals surface area contributed by atoms with Crippen molar-refractivity contribution in [2.24, 2.45) is 5.92 Å². The van der Waals surface area contributed by atoms with Crippen LogP contribution in [0, 0.1) is 5.92 Å². The van der Waals surface area contributed by atoms with Crippen molar-refractivity contribution in [2.45, 2.75) is 38.7 Å². The molecule has 116 valence electrons. The van der Waals surface area contributed by atoms with E-state index in [0.29, 0.717) is 38.5 Å². The topological polar surface area (TPSA) is 78.9 Å². The van der Waals surface area contributed by atoms with E-state index >= 15 is 0 Å². The number of likely N-dealkylation sites (N-methyl/N-ethyl adjacent to an activating group) is 1. The van der Waals surface area contributed by atoms with Crippen LogP contribution >= 0.6 is 0 Å². The van der Waals surface area contributed by atoms with Gasteiger partial charge in [0.25, 0.3) is 0 Å². The summed E-state index contributed by atoms with van der Waals surface area (Å²) in [5, 5.41) is 12.0. The normalized spacial score (nSPS) is 21.4. The molecule has 0 aromatic carbocycles. The molecule has 20 heavy (non-hydrogen) atoms. The summed E-state index contributed by atoms with van der Waals surface area (Å²) < 4.78 is 4.80. The summed E-state index contributed by atoms with van der Waals surface area (Å²) in [6, 6.07) is 0. The minimum Gasteiger partial charge on any atom is -0.466 e. The monoisotopic (exact) mass is 286 g/mol. The van der Waals surface area contributed by atoms with Crippen molar-refractivity contribution in [1.82, 2.24) is 10.2 Å². The number of esters is 1. The lowest BCUT2D eigenvalue weighted by Gasteiger charge is -2.34. The van der Waals surface area contributed by atoms with Gasteiger partial charge in [0.15, 0.2) is 0 Å². The Morgan fingerprint density at radius 2 is 2.10 bits per heavy atom. The van der Waals surface area contributed by atoms with Gasteiger partial charge in [0.05, 0.1) is 19.3 Å². The maximum absolute atomic E-state index is 11.7. The van der Waals surface area contributed by atoms with Gasteiger partial charge in [-0.25, -0.2) is 0 Å². The summed E-state index contributed by atoms with van der Waals surface area (Å²) in [5.41, 5.74) is 0. The van der Waals surface area contributed by atoms with Crippen LogP contribution in [0.1, 0.15) is 32.6 Å². The highest BCUT2D eigenvalue weighted by Gasteiger charge is 2.28. The first-order valence-corrected chi connectivity index (χ1v) is 7.30. The van der Waals surface area contributed by atoms with E-state index in [1.165, 1.54) is 0 Å². The third-order valence-electron chi connectivity index (χ3n) is 3.38. The molecule has 0 saturated heterocycles. The molecule has 1 amide bonds. The number of hydrogen-bond acceptors (Lipinski definition) is 5. The SMILES string of the molecule is CCOC(=O)CCCNC(=O)CN(C)CC1CC(O)C1. The van der Waals surface area contributed by atoms with Crippen LogP contribution in [0.4, 0.5) is 0 Å². The van der Waals surface area contributed by atoms with Crippen molar-refractivity contribution in [3.05, 3.63) is 0 Å². The first-order chi connectivity index (χ1) is 9.51. The van der Waals surface area contributed by atoms with E-state index in [1.807, 2.05) is 11.9 Å². The Hall–Kier alpha value is -1.14. The molecule has 0 radical (unpaired) electrons. The molecule has 0 spiro atoms. The molecular weight excluding hydrogens is 260 g/mol. The van der Waals surface area contributed by atoms with E-state index in [4.69, 9.17) is 4.74 Å². The van der Waals surface area contributed by atoms with Gasteiger partial charge >= 0.3 is 5.97 Å². The van der Waals surface area contributed by atoms with E-state index in [2.05, 4.69) is 5.32 Å². The molecule has 6 heteroatoms. The molecule has 0 aliphatic heterocycles. The summed E-state index contributed by atoms with van der Waals surface area (Å²) in [5.74, 6) is 0.255. The molecule has 0 atom stereocenters. The van der Waals surface area contributed by atoms with Gasteiger partial charge in [-0.3, -0.25) is 14.5 Å². The maximum Gasteiger partial charge on any atom is 0.305 e. The van der Waals surface area contributed by atoms with E-state index < -0.39 is 0 Å². The van der Waals surface area contributed by atoms with Gasteiger partial charge in [-0.05, 0) is 39.2 Å². The average molecular weight is 286 g/mol. The van der Waals surface area contributed by atoms with Crippen LogP contribution in [-0.4, -0.2) is 61.3 Å². The third kappa shape index (κ3) is 6.86. The highest BCUT2D eigenvalue weighted by atomic mass is 16.5. The zero-order valence-corrected chi connectivity index (χ0v) is 12.4. The first kappa shape index (κ1) is 16.9. The average Bonchev–Trinajstić information content (AvgIpc) is 2.33. The van der Waals surface area contributed by atoms with Crippen LogP contribution < -0.4 is 5.32 Å². The molecule has 0 aromatic rings. The smallest absolute Gasteiger partial charge is 0.305 e. The Bertz CT molecular complexity index is 316. The molecule has 1 saturated carbocycles. The first-order valence-electron chi connectivity index (χ1n) is 7.30. The maximum atomic E-state index is 11.7. The number of ether oxygens (including phenoxy) is 1. The minimum absolute atomic E-state index is 0.0313. The Labute approximate surface area is 120 Å². The fraction of sp³-hybridized carbons (Fsp3) is 0.857. The van der Waals surface area contributed by atoms with Crippen LogP contribution in [0.3, 0.4) is 0 Å². The molecule has 2 N–H and O–H groups in total. The van der Waals surface area contributed by atoms with Crippen molar-refractivity contribution >= 4 is 11.9 Å². The number of aliphatic hydroxyl groups is 1. The number of hydrogen-bond donors (Lipinski definition) is 2. The summed E-state index contributed by atoms with van der Waals surface area (Å²) in [6.07, 6.45) is 2.47. The fourth-order valence-electron chi connectivity index (χ4n) is 2.35. The van der Waals surface area contributed by atoms with Crippen molar-refractivity contribution in [3.63, 3.8) is 0 Å². The van der Waals surface area contributed by atoms with E-state index in [1.54, 1.807) is 6.92 Å². The zero-order chi connectivity index (χ0) is 15.0. The van der Waals surface area contributed by atoms with Crippen LogP contribution in [0.2, 0.25) is 0 Å². The molecular formula is C14H26N2O4. The minimum atomic E-state index is -0.220. The van der Waals surface area contributed by atoms with Gasteiger partial charge in [-0.15, -0.1) is 0 Å². The predicted molar refractivity (Wildman–Crippen MR) is 75.1 cm³/mol. The van der Waals surface area contributed by atoms with Gasteiger partial charge in [0, 0.05) is 19.5 Å². The molecule has 1 fully saturated rings. The lowest BCUT2D eigenvalue weighted by Crippen LogP contribution is -2.41. The number of rotatable bonds is 9. The molecule has 0 aromatic heterocycles. The largest absolute Gasteiger partial charge is 0.466 e. The Kier molecular flexibility index (Phi) is 7.54. The second-order valence-electron chi connectivity index (χ2n) is 5.45. The van der Waals surface area contributed by atoms with Crippen LogP contribution in [0.25, 0.3) is 0 Å². The quantitative estimate of drug-likeness (QED) is 0.466. The Morgan fingerprint density at radius 1 is 1.40 bits per heavy atom. The Morgan fingerprint density at radius 3 is 2.70 bits per heavy atom. The van der Waals surface area contributed by atoms with Crippen molar-refractivity contribution in [3.8, 4) is 0 Å². The van der Waals surface area contributed by atoms with Crippen molar-refractivity contribution < 1.29 is 19.4 Å². The molecule has 0 heterocycles. The highest BCUT2D eigenvalue weighted by Crippen LogP contribution is 2.27. The fourth-order valence-corrected chi connectivity index (χ4v) is 2.35. The molecule has 6 nitrogen and oxygen atoms in total. The van der Waals surface area contributed by atoms with Crippen LogP contribution in [0.15, 0.2) is 0 Å². The van der Waals surface area contributed by atoms with Crippen molar-refractivity contribution in [2.75, 3.05) is 33.3 Å². The number of nitrogens with zero attached hydrogens (tertiary/aromatic N) is 1. The van der Waals surface area contributed by atoms with Gasteiger partial charge < -0.3 is 15.2 Å². The predicted octanol–water partition coefficient (Wildman–Crippen LogP) is 0.149. The highest BCUT2D eigenvalue weighted by molar-refractivity contribution is 5.78. The lowest BCUT2D eigenvalue weighted by atomic mass is 9.82. The molecule has 0 unspecified atom stereocenters. The molecule has 1 rings (SSSR count). The van der Waals surface area contributed by atoms with Crippen LogP contribution in [0.5, 0.6) is 0 Å². The van der Waals surface area contributed by atoms with Gasteiger partial charge in [0.1, 0.15) is 0 Å². The second kappa shape index (κ2) is 8.92. The number of carbonyl (C=O) groups is 2. The molecule has 1 aliphatic rings. The summed E-state index contributed by atoms with van der Waals surface area (Å²) in [7, 11) is 1.91. The third-order valence-corrected chi connectivity index (χ3v) is 3.38. The second-order valence-corrected chi connectivity index (χ2v) is 5.45. The Balaban J connectivity index is 2.00. The van der Waals surface area contributed by atoms with Crippen molar-refractivity contribution in [1.29, 1.82) is 0 Å². The number of carbonyl (C=O) groups excluding carboxylic acids is 2. The molecule has 1 aliphatic carbocycles. The van der Waals surface area contributed by atoms with Gasteiger partial charge in [0.2, 0.25) is 5.91 Å². The van der Waals surface area contributed by atoms with E-state index in [9.17, 15) is 14.7 Å². The summed E-state index contributed by atoms with van der Waals surface area (Å²) in [6.45, 7) is 3.86. The van der Waals surface area contributed by atoms with E-state index in [0.717, 1.165) is 19.4 Å². The number of nitrogens with one attached hydrogen (secondary N) is 1. The standard InChI is InChI=1S/C14H26N2O4/c1-3-20-14(19)5-4-6-15-13(18)10-16(2)9-11-7-12(17)8-11/h11-12,17H,3-10H2,1-2H3,(H,15,18). The van der Waals surface area contributed by atoms with Crippen LogP contribution in [-0.2, 0) is 14.3 Å². The van der Waals surface area contributed by atoms with Gasteiger partial charge in [-0.2, -0.15) is 0 Å².